The van der Waals surface area contributed by atoms with Crippen LogP contribution in [0.5, 0.6) is 0 Å². The fraction of sp³-hybridized carbons (Fsp3) is 0.891. The van der Waals surface area contributed by atoms with Gasteiger partial charge in [-0.3, -0.25) is 14.4 Å². The number of rotatable bonds is 30. The molecule has 0 unspecified atom stereocenters. The third-order valence-electron chi connectivity index (χ3n) is 10.1. The largest absolute Gasteiger partial charge is 0.504 e. The van der Waals surface area contributed by atoms with Gasteiger partial charge in [-0.1, -0.05) is 120 Å². The van der Waals surface area contributed by atoms with Gasteiger partial charge in [-0.25, -0.2) is 0 Å². The first kappa shape index (κ1) is 80.4. The van der Waals surface area contributed by atoms with Crippen LogP contribution < -0.4 is 0 Å². The zero-order valence-corrected chi connectivity index (χ0v) is 47.6. The number of hydrogen-bond acceptors (Lipinski definition) is 7. The molecule has 0 bridgehead atoms. The number of alkyl halides is 12. The van der Waals surface area contributed by atoms with Crippen molar-refractivity contribution in [2.24, 2.45) is 0 Å². The smallest absolute Gasteiger partial charge is 0.454 e. The van der Waals surface area contributed by atoms with E-state index in [2.05, 4.69) is 62.3 Å². The van der Waals surface area contributed by atoms with Gasteiger partial charge in [0.05, 0.1) is 27.8 Å². The van der Waals surface area contributed by atoms with Crippen LogP contribution in [-0.2, 0) is 28.1 Å². The molecule has 0 spiro atoms. The van der Waals surface area contributed by atoms with Crippen molar-refractivity contribution in [2.45, 2.75) is 209 Å². The Kier molecular flexibility index (Phi) is 51.6. The molecule has 7 nitrogen and oxygen atoms in total. The molecule has 0 aliphatic carbocycles. The average Bonchev–Trinajstić information content (AvgIpc) is 3.25. The van der Waals surface area contributed by atoms with Gasteiger partial charge in [-0.05, 0) is 57.8 Å². The van der Waals surface area contributed by atoms with Crippen molar-refractivity contribution in [1.29, 1.82) is 0 Å². The molecule has 0 aliphatic rings. The van der Waals surface area contributed by atoms with Crippen molar-refractivity contribution in [1.82, 2.24) is 0 Å². The molecule has 0 atom stereocenters. The van der Waals surface area contributed by atoms with E-state index in [0.717, 1.165) is 113 Å². The maximum atomic E-state index is 12.5. The summed E-state index contributed by atoms with van der Waals surface area (Å²) >= 11 is 0. The Balaban J connectivity index is -0.000000179. The van der Waals surface area contributed by atoms with E-state index in [1.54, 1.807) is 0 Å². The summed E-state index contributed by atoms with van der Waals surface area (Å²) in [5, 5.41) is 7.93. The van der Waals surface area contributed by atoms with E-state index in [9.17, 15) is 80.8 Å². The molecule has 0 rings (SSSR count). The second-order valence-corrected chi connectivity index (χ2v) is 27.2. The molecular formula is C46H85EuF12O7P3. The van der Waals surface area contributed by atoms with Gasteiger partial charge in [-0.15, -0.1) is 0 Å². The van der Waals surface area contributed by atoms with Crippen LogP contribution in [0.2, 0.25) is 0 Å². The van der Waals surface area contributed by atoms with Crippen molar-refractivity contribution < 1.29 is 135 Å². The Bertz CT molecular complexity index is 1290. The van der Waals surface area contributed by atoms with E-state index in [-0.39, 0.29) is 49.4 Å². The summed E-state index contributed by atoms with van der Waals surface area (Å²) in [6, 6.07) is 0. The minimum absolute atomic E-state index is 0. The van der Waals surface area contributed by atoms with Crippen LogP contribution >= 0.6 is 21.4 Å². The first-order valence-electron chi connectivity index (χ1n) is 24.1. The molecule has 69 heavy (non-hydrogen) atoms. The summed E-state index contributed by atoms with van der Waals surface area (Å²) in [6.45, 7) is 19.7. The second kappa shape index (κ2) is 44.3. The molecule has 23 heteroatoms. The molecule has 0 saturated heterocycles. The molecule has 0 saturated carbocycles. The summed E-state index contributed by atoms with van der Waals surface area (Å²) in [6.07, 6.45) is 5.42. The van der Waals surface area contributed by atoms with Crippen LogP contribution in [0.15, 0.2) is 11.8 Å². The molecular weight excluding hydrogens is 1140 g/mol. The molecule has 0 fully saturated rings. The van der Waals surface area contributed by atoms with Crippen LogP contribution in [-0.4, -0.2) is 103 Å². The fourth-order valence-electron chi connectivity index (χ4n) is 5.66. The standard InChI is InChI=1S/3C12H27OP.2C5H2F6O2.Eu/c3*1-4-7-10-14(13,11-8-5-2)12-9-6-3;2*6-4(7,8)2(12)1-3(13)5(9,10)11;/h3*4-12H2,1-3H3;1H2;1,12H;. The Labute approximate surface area is 447 Å². The number of hydrogen-bond donors (Lipinski definition) is 1. The van der Waals surface area contributed by atoms with Gasteiger partial charge in [0.2, 0.25) is 17.3 Å². The van der Waals surface area contributed by atoms with Gasteiger partial charge < -0.3 is 18.8 Å². The summed E-state index contributed by atoms with van der Waals surface area (Å²) in [4.78, 5) is 29.6. The van der Waals surface area contributed by atoms with Crippen molar-refractivity contribution in [3.8, 4) is 0 Å². The van der Waals surface area contributed by atoms with Crippen molar-refractivity contribution in [3.63, 3.8) is 0 Å². The quantitative estimate of drug-likeness (QED) is 0.0250. The number of ketones is 3. The number of aliphatic hydroxyl groups is 1. The minimum Gasteiger partial charge on any atom is -0.504 e. The number of allylic oxidation sites excluding steroid dienone is 2. The van der Waals surface area contributed by atoms with E-state index >= 15 is 0 Å². The number of Topliss-reactive ketones (excluding diaryl/α,β-unsaturated/α-hetero) is 2. The molecule has 1 N–H and O–H groups in total. The van der Waals surface area contributed by atoms with E-state index in [0.29, 0.717) is 0 Å². The van der Waals surface area contributed by atoms with E-state index in [1.165, 1.54) is 57.8 Å². The molecule has 0 aromatic carbocycles. The van der Waals surface area contributed by atoms with Gasteiger partial charge in [0.25, 0.3) is 5.78 Å². The van der Waals surface area contributed by atoms with E-state index in [4.69, 9.17) is 5.11 Å². The molecule has 0 heterocycles. The van der Waals surface area contributed by atoms with Gasteiger partial charge >= 0.3 is 24.7 Å². The van der Waals surface area contributed by atoms with Crippen LogP contribution in [0.3, 0.4) is 0 Å². The first-order valence-corrected chi connectivity index (χ1v) is 30.9. The second-order valence-electron chi connectivity index (χ2n) is 16.8. The van der Waals surface area contributed by atoms with Crippen LogP contribution in [0, 0.1) is 49.4 Å². The minimum atomic E-state index is -5.42. The van der Waals surface area contributed by atoms with E-state index in [1.807, 2.05) is 0 Å². The molecule has 0 aromatic rings. The third-order valence-corrected chi connectivity index (χ3v) is 20.2. The van der Waals surface area contributed by atoms with Crippen LogP contribution in [0.1, 0.15) is 184 Å². The number of carbonyl (C=O) groups is 3. The average molecular weight is 1220 g/mol. The van der Waals surface area contributed by atoms with Crippen molar-refractivity contribution in [2.75, 3.05) is 55.5 Å². The zero-order valence-electron chi connectivity index (χ0n) is 42.5. The summed E-state index contributed by atoms with van der Waals surface area (Å²) in [5.41, 5.74) is 0. The van der Waals surface area contributed by atoms with Crippen molar-refractivity contribution in [3.05, 3.63) is 11.8 Å². The molecule has 1 radical (unpaired) electrons. The van der Waals surface area contributed by atoms with Crippen molar-refractivity contribution >= 4 is 38.8 Å². The van der Waals surface area contributed by atoms with Gasteiger partial charge in [0, 0.05) is 111 Å². The van der Waals surface area contributed by atoms with Gasteiger partial charge in [0.1, 0.15) is 0 Å². The predicted octanol–water partition coefficient (Wildman–Crippen LogP) is 18.0. The Morgan fingerprint density at radius 3 is 0.652 bits per heavy atom. The third kappa shape index (κ3) is 49.9. The molecule has 0 amide bonds. The molecule has 417 valence electrons. The maximum Gasteiger partial charge on any atom is 0.454 e. The predicted molar refractivity (Wildman–Crippen MR) is 255 cm³/mol. The topological polar surface area (TPSA) is 123 Å². The van der Waals surface area contributed by atoms with E-state index < -0.39 is 81.7 Å². The number of halogens is 12. The van der Waals surface area contributed by atoms with Gasteiger partial charge in [-0.2, -0.15) is 52.7 Å². The molecule has 0 aliphatic heterocycles. The fourth-order valence-corrected chi connectivity index (χ4v) is 15.7. The summed E-state index contributed by atoms with van der Waals surface area (Å²) < 4.78 is 173. The number of unbranched alkanes of at least 4 members (excludes halogenated alkanes) is 9. The molecule has 0 aromatic heterocycles. The summed E-state index contributed by atoms with van der Waals surface area (Å²) in [7, 11) is -5.31. The zero-order chi connectivity index (χ0) is 54.3. The van der Waals surface area contributed by atoms with Crippen LogP contribution in [0.25, 0.3) is 0 Å². The van der Waals surface area contributed by atoms with Crippen LogP contribution in [0.4, 0.5) is 52.7 Å². The first-order chi connectivity index (χ1) is 31.1. The van der Waals surface area contributed by atoms with Gasteiger partial charge in [0.15, 0.2) is 0 Å². The maximum absolute atomic E-state index is 12.5. The SMILES string of the molecule is CCCCP(=O)(CCCC)CCCC.CCCCP(=O)(CCCC)CCCC.CCCCP(=O)(CCCC)CCCC.O=C(C=C(O)C(F)(F)F)C(F)(F)F.O=C(CC(=O)C(F)(F)F)C(F)(F)F.[Eu]. The Morgan fingerprint density at radius 1 is 0.362 bits per heavy atom. The number of aliphatic hydroxyl groups excluding tert-OH is 1. The number of carbonyl (C=O) groups excluding carboxylic acids is 3. The summed E-state index contributed by atoms with van der Waals surface area (Å²) in [5.74, 6) is -10.7. The Morgan fingerprint density at radius 2 is 0.536 bits per heavy atom. The Hall–Kier alpha value is -0.0156. The monoisotopic (exact) mass is 1220 g/mol. The normalized spacial score (nSPS) is 12.4.